The monoisotopic (exact) mass is 617 g/mol. The fraction of sp³-hybridized carbons (Fsp3) is 0.250. The van der Waals surface area contributed by atoms with Gasteiger partial charge in [-0.15, -0.1) is 0 Å². The van der Waals surface area contributed by atoms with E-state index < -0.39 is 42.2 Å². The van der Waals surface area contributed by atoms with Crippen LogP contribution in [0.25, 0.3) is 11.3 Å². The molecule has 2 atom stereocenters. The Bertz CT molecular complexity index is 1760. The SMILES string of the molecule is COc1ccc2cc1OCC(=O)N[C@@H]1CN(C(=O)c3cn[nH]c3-c3cccc(F)c3)CC[C@@H]1Oc1cc(F)cc(c1)CNC2=O. The van der Waals surface area contributed by atoms with Gasteiger partial charge in [-0.3, -0.25) is 19.5 Å². The molecule has 45 heavy (non-hydrogen) atoms. The maximum atomic E-state index is 14.6. The zero-order valence-electron chi connectivity index (χ0n) is 24.1. The quantitative estimate of drug-likeness (QED) is 0.321. The largest absolute Gasteiger partial charge is 0.493 e. The van der Waals surface area contributed by atoms with Crippen LogP contribution in [0.15, 0.2) is 66.9 Å². The minimum Gasteiger partial charge on any atom is -0.493 e. The molecule has 2 aliphatic rings. The zero-order chi connectivity index (χ0) is 31.5. The summed E-state index contributed by atoms with van der Waals surface area (Å²) in [6, 6.07) is 13.8. The van der Waals surface area contributed by atoms with E-state index in [0.29, 0.717) is 29.0 Å². The van der Waals surface area contributed by atoms with Crippen molar-refractivity contribution in [1.82, 2.24) is 25.7 Å². The second kappa shape index (κ2) is 12.6. The molecule has 11 nitrogen and oxygen atoms in total. The number of nitrogens with one attached hydrogen (secondary N) is 3. The lowest BCUT2D eigenvalue weighted by atomic mass is 9.99. The molecule has 3 aromatic carbocycles. The van der Waals surface area contributed by atoms with E-state index >= 15 is 0 Å². The number of likely N-dealkylation sites (tertiary alicyclic amines) is 1. The molecule has 0 aliphatic carbocycles. The average Bonchev–Trinajstić information content (AvgIpc) is 3.52. The summed E-state index contributed by atoms with van der Waals surface area (Å²) >= 11 is 0. The fourth-order valence-electron chi connectivity index (χ4n) is 5.45. The van der Waals surface area contributed by atoms with Gasteiger partial charge in [0.1, 0.15) is 23.5 Å². The van der Waals surface area contributed by atoms with Gasteiger partial charge in [0.05, 0.1) is 30.6 Å². The number of rotatable bonds is 3. The molecule has 3 N–H and O–H groups in total. The minimum atomic E-state index is -0.712. The first-order valence-electron chi connectivity index (χ1n) is 14.2. The van der Waals surface area contributed by atoms with Crippen molar-refractivity contribution in [3.05, 3.63) is 95.2 Å². The van der Waals surface area contributed by atoms with Gasteiger partial charge in [-0.1, -0.05) is 12.1 Å². The van der Waals surface area contributed by atoms with Crippen molar-refractivity contribution in [2.75, 3.05) is 26.8 Å². The Hall–Kier alpha value is -5.46. The number of methoxy groups -OCH3 is 1. The molecule has 6 rings (SSSR count). The topological polar surface area (TPSA) is 135 Å². The van der Waals surface area contributed by atoms with Gasteiger partial charge >= 0.3 is 0 Å². The highest BCUT2D eigenvalue weighted by Gasteiger charge is 2.36. The van der Waals surface area contributed by atoms with E-state index in [1.807, 2.05) is 0 Å². The standard InChI is InChI=1S/C32H29F2N5O6/c1-43-27-6-5-20-12-28(27)44-17-29(40)37-25-16-39(32(42)24-15-36-38-30(24)19-3-2-4-21(33)11-19)8-7-26(25)45-23-10-18(9-22(34)13-23)14-35-31(20)41/h2-6,9-13,15,25-26H,7-8,14,16-17H2,1H3,(H,35,41)(H,36,38)(H,37,40)/t25-,26+/m1/s1. The van der Waals surface area contributed by atoms with E-state index in [4.69, 9.17) is 14.2 Å². The molecule has 232 valence electrons. The molecule has 4 bridgehead atoms. The first-order chi connectivity index (χ1) is 21.8. The van der Waals surface area contributed by atoms with Crippen molar-refractivity contribution in [1.29, 1.82) is 0 Å². The van der Waals surface area contributed by atoms with Crippen molar-refractivity contribution in [2.45, 2.75) is 25.1 Å². The van der Waals surface area contributed by atoms with E-state index in [1.165, 1.54) is 49.7 Å². The number of aromatic nitrogens is 2. The third kappa shape index (κ3) is 6.56. The second-order valence-corrected chi connectivity index (χ2v) is 10.7. The Morgan fingerprint density at radius 2 is 1.91 bits per heavy atom. The summed E-state index contributed by atoms with van der Waals surface area (Å²) in [5, 5.41) is 12.4. The average molecular weight is 618 g/mol. The smallest absolute Gasteiger partial charge is 0.258 e. The lowest BCUT2D eigenvalue weighted by Gasteiger charge is -2.39. The van der Waals surface area contributed by atoms with Crippen molar-refractivity contribution < 1.29 is 37.4 Å². The number of carbonyl (C=O) groups is 3. The Balaban J connectivity index is 1.28. The first kappa shape index (κ1) is 29.6. The van der Waals surface area contributed by atoms with Crippen molar-refractivity contribution >= 4 is 17.7 Å². The molecule has 0 spiro atoms. The summed E-state index contributed by atoms with van der Waals surface area (Å²) in [5.41, 5.74) is 1.79. The van der Waals surface area contributed by atoms with Crippen LogP contribution in [-0.2, 0) is 11.3 Å². The van der Waals surface area contributed by atoms with Crippen LogP contribution in [0.1, 0.15) is 32.7 Å². The summed E-state index contributed by atoms with van der Waals surface area (Å²) in [6.45, 7) is -0.0861. The van der Waals surface area contributed by atoms with Gasteiger partial charge < -0.3 is 29.7 Å². The zero-order valence-corrected chi connectivity index (χ0v) is 24.1. The van der Waals surface area contributed by atoms with E-state index in [1.54, 1.807) is 29.2 Å². The lowest BCUT2D eigenvalue weighted by Crippen LogP contribution is -2.58. The van der Waals surface area contributed by atoms with Crippen molar-refractivity contribution in [3.63, 3.8) is 0 Å². The molecule has 1 saturated heterocycles. The van der Waals surface area contributed by atoms with E-state index in [2.05, 4.69) is 20.8 Å². The van der Waals surface area contributed by atoms with Gasteiger partial charge in [0.15, 0.2) is 18.1 Å². The van der Waals surface area contributed by atoms with E-state index in [0.717, 1.165) is 0 Å². The second-order valence-electron chi connectivity index (χ2n) is 10.7. The first-order valence-corrected chi connectivity index (χ1v) is 14.2. The predicted molar refractivity (Wildman–Crippen MR) is 157 cm³/mol. The Kier molecular flexibility index (Phi) is 8.32. The maximum Gasteiger partial charge on any atom is 0.258 e. The van der Waals surface area contributed by atoms with Crippen LogP contribution in [0, 0.1) is 11.6 Å². The Morgan fingerprint density at radius 3 is 2.73 bits per heavy atom. The summed E-state index contributed by atoms with van der Waals surface area (Å²) in [4.78, 5) is 41.3. The van der Waals surface area contributed by atoms with Gasteiger partial charge in [0, 0.05) is 43.2 Å². The van der Waals surface area contributed by atoms with E-state index in [-0.39, 0.29) is 48.2 Å². The predicted octanol–water partition coefficient (Wildman–Crippen LogP) is 3.46. The molecule has 0 radical (unpaired) electrons. The van der Waals surface area contributed by atoms with Crippen LogP contribution in [0.2, 0.25) is 0 Å². The van der Waals surface area contributed by atoms with Crippen LogP contribution in [-0.4, -0.2) is 71.8 Å². The number of halogens is 2. The van der Waals surface area contributed by atoms with Gasteiger partial charge in [-0.2, -0.15) is 5.10 Å². The summed E-state index contributed by atoms with van der Waals surface area (Å²) < 4.78 is 45.8. The van der Waals surface area contributed by atoms with Crippen LogP contribution in [0.3, 0.4) is 0 Å². The summed E-state index contributed by atoms with van der Waals surface area (Å²) in [6.07, 6.45) is 1.04. The highest BCUT2D eigenvalue weighted by atomic mass is 19.1. The van der Waals surface area contributed by atoms with Crippen LogP contribution in [0.4, 0.5) is 8.78 Å². The molecule has 3 heterocycles. The molecular weight excluding hydrogens is 588 g/mol. The number of hydrogen-bond acceptors (Lipinski definition) is 7. The third-order valence-electron chi connectivity index (χ3n) is 7.62. The number of nitrogens with zero attached hydrogens (tertiary/aromatic N) is 2. The van der Waals surface area contributed by atoms with Crippen molar-refractivity contribution in [3.8, 4) is 28.5 Å². The molecule has 4 aromatic rings. The molecule has 0 unspecified atom stereocenters. The van der Waals surface area contributed by atoms with Gasteiger partial charge in [-0.25, -0.2) is 8.78 Å². The number of piperidine rings is 1. The highest BCUT2D eigenvalue weighted by molar-refractivity contribution is 6.00. The lowest BCUT2D eigenvalue weighted by molar-refractivity contribution is -0.125. The molecule has 1 fully saturated rings. The van der Waals surface area contributed by atoms with Crippen LogP contribution >= 0.6 is 0 Å². The molecule has 0 saturated carbocycles. The Morgan fingerprint density at radius 1 is 1.04 bits per heavy atom. The van der Waals surface area contributed by atoms with E-state index in [9.17, 15) is 23.2 Å². The van der Waals surface area contributed by atoms with Gasteiger partial charge in [0.2, 0.25) is 0 Å². The normalized spacial score (nSPS) is 18.5. The molecule has 1 aromatic heterocycles. The highest BCUT2D eigenvalue weighted by Crippen LogP contribution is 2.29. The molecule has 13 heteroatoms. The summed E-state index contributed by atoms with van der Waals surface area (Å²) in [5.74, 6) is -1.63. The molecular formula is C32H29F2N5O6. The number of benzene rings is 3. The number of fused-ring (bicyclic) bond motifs is 5. The third-order valence-corrected chi connectivity index (χ3v) is 7.62. The van der Waals surface area contributed by atoms with Crippen LogP contribution in [0.5, 0.6) is 17.2 Å². The Labute approximate surface area is 256 Å². The number of aromatic amines is 1. The number of ether oxygens (including phenoxy) is 3. The van der Waals surface area contributed by atoms with Gasteiger partial charge in [0.25, 0.3) is 17.7 Å². The number of carbonyl (C=O) groups excluding carboxylic acids is 3. The van der Waals surface area contributed by atoms with Crippen LogP contribution < -0.4 is 24.8 Å². The minimum absolute atomic E-state index is 0.0284. The maximum absolute atomic E-state index is 14.6. The number of amides is 3. The summed E-state index contributed by atoms with van der Waals surface area (Å²) in [7, 11) is 1.44. The fourth-order valence-corrected chi connectivity index (χ4v) is 5.45. The van der Waals surface area contributed by atoms with Gasteiger partial charge in [-0.05, 0) is 48.0 Å². The number of H-pyrrole nitrogens is 1. The number of hydrogen-bond donors (Lipinski definition) is 3. The molecule has 2 aliphatic heterocycles. The van der Waals surface area contributed by atoms with Crippen molar-refractivity contribution in [2.24, 2.45) is 0 Å². The molecule has 3 amide bonds.